The summed E-state index contributed by atoms with van der Waals surface area (Å²) < 4.78 is 5.20. The van der Waals surface area contributed by atoms with Gasteiger partial charge in [-0.1, -0.05) is 30.3 Å². The number of fused-ring (bicyclic) bond motifs is 2. The third kappa shape index (κ3) is 3.19. The molecule has 0 spiro atoms. The van der Waals surface area contributed by atoms with Crippen molar-refractivity contribution in [1.29, 1.82) is 0 Å². The van der Waals surface area contributed by atoms with Gasteiger partial charge in [0.2, 0.25) is 5.88 Å². The first-order chi connectivity index (χ1) is 14.2. The molecule has 0 N–H and O–H groups in total. The van der Waals surface area contributed by atoms with Crippen LogP contribution in [-0.2, 0) is 0 Å². The summed E-state index contributed by atoms with van der Waals surface area (Å²) in [6.07, 6.45) is 1.93. The highest BCUT2D eigenvalue weighted by Gasteiger charge is 2.08. The molecular formula is C25H19N3O. The summed E-state index contributed by atoms with van der Waals surface area (Å²) in [5, 5.41) is 2.24. The maximum Gasteiger partial charge on any atom is 0.213 e. The normalized spacial score (nSPS) is 11.1. The van der Waals surface area contributed by atoms with Crippen LogP contribution in [0.5, 0.6) is 5.88 Å². The molecule has 0 aliphatic heterocycles. The predicted octanol–water partition coefficient (Wildman–Crippen LogP) is 5.83. The number of ether oxygens (including phenoxy) is 1. The average Bonchev–Trinajstić information content (AvgIpc) is 2.78. The van der Waals surface area contributed by atoms with Gasteiger partial charge in [-0.05, 0) is 48.9 Å². The molecule has 0 amide bonds. The van der Waals surface area contributed by atoms with Crippen LogP contribution >= 0.6 is 0 Å². The van der Waals surface area contributed by atoms with E-state index in [2.05, 4.69) is 46.4 Å². The van der Waals surface area contributed by atoms with E-state index in [0.29, 0.717) is 5.88 Å². The van der Waals surface area contributed by atoms with Gasteiger partial charge in [0.15, 0.2) is 0 Å². The molecule has 0 aliphatic carbocycles. The monoisotopic (exact) mass is 377 g/mol. The standard InChI is InChI=1S/C25H19N3O/c1-16-21(9-12-25(27-16)29-2)24-11-8-19-13-17(7-10-23(19)28-24)20-14-18-5-3-4-6-22(18)26-15-20/h3-15H,1-2H3. The molecule has 4 heteroatoms. The Balaban J connectivity index is 1.55. The van der Waals surface area contributed by atoms with Gasteiger partial charge in [0, 0.05) is 34.2 Å². The molecule has 0 atom stereocenters. The fraction of sp³-hybridized carbons (Fsp3) is 0.0800. The number of pyridine rings is 3. The second kappa shape index (κ2) is 6.99. The second-order valence-corrected chi connectivity index (χ2v) is 7.01. The quantitative estimate of drug-likeness (QED) is 0.397. The predicted molar refractivity (Wildman–Crippen MR) is 117 cm³/mol. The molecule has 0 unspecified atom stereocenters. The minimum atomic E-state index is 0.612. The number of benzene rings is 2. The van der Waals surface area contributed by atoms with E-state index in [9.17, 15) is 0 Å². The van der Waals surface area contributed by atoms with Gasteiger partial charge in [-0.25, -0.2) is 9.97 Å². The number of rotatable bonds is 3. The van der Waals surface area contributed by atoms with E-state index >= 15 is 0 Å². The average molecular weight is 377 g/mol. The van der Waals surface area contributed by atoms with Crippen LogP contribution in [0.25, 0.3) is 44.2 Å². The highest BCUT2D eigenvalue weighted by molar-refractivity contribution is 5.89. The summed E-state index contributed by atoms with van der Waals surface area (Å²) in [6, 6.07) is 24.7. The zero-order valence-corrected chi connectivity index (χ0v) is 16.3. The molecule has 3 heterocycles. The molecule has 5 aromatic rings. The van der Waals surface area contributed by atoms with E-state index in [1.807, 2.05) is 49.5 Å². The Morgan fingerprint density at radius 1 is 0.724 bits per heavy atom. The number of hydrogen-bond donors (Lipinski definition) is 0. The SMILES string of the molecule is COc1ccc(-c2ccc3cc(-c4cnc5ccccc5c4)ccc3n2)c(C)n1. The first-order valence-electron chi connectivity index (χ1n) is 9.49. The maximum absolute atomic E-state index is 5.20. The van der Waals surface area contributed by atoms with E-state index in [4.69, 9.17) is 9.72 Å². The van der Waals surface area contributed by atoms with Crippen LogP contribution in [0.2, 0.25) is 0 Å². The molecule has 0 aliphatic rings. The van der Waals surface area contributed by atoms with E-state index in [-0.39, 0.29) is 0 Å². The number of para-hydroxylation sites is 1. The van der Waals surface area contributed by atoms with Crippen LogP contribution in [0.3, 0.4) is 0 Å². The van der Waals surface area contributed by atoms with Gasteiger partial charge in [-0.2, -0.15) is 0 Å². The van der Waals surface area contributed by atoms with Crippen LogP contribution < -0.4 is 4.74 Å². The van der Waals surface area contributed by atoms with Crippen molar-refractivity contribution in [2.24, 2.45) is 0 Å². The molecule has 0 radical (unpaired) electrons. The Labute approximate surface area is 168 Å². The Morgan fingerprint density at radius 2 is 1.55 bits per heavy atom. The van der Waals surface area contributed by atoms with Crippen LogP contribution in [0.15, 0.2) is 79.0 Å². The third-order valence-electron chi connectivity index (χ3n) is 5.16. The minimum Gasteiger partial charge on any atom is -0.481 e. The highest BCUT2D eigenvalue weighted by Crippen LogP contribution is 2.28. The van der Waals surface area contributed by atoms with Gasteiger partial charge in [-0.3, -0.25) is 4.98 Å². The Morgan fingerprint density at radius 3 is 2.41 bits per heavy atom. The molecular weight excluding hydrogens is 358 g/mol. The number of methoxy groups -OCH3 is 1. The number of aromatic nitrogens is 3. The van der Waals surface area contributed by atoms with Crippen molar-refractivity contribution in [3.05, 3.63) is 84.7 Å². The van der Waals surface area contributed by atoms with E-state index in [0.717, 1.165) is 49.9 Å². The molecule has 29 heavy (non-hydrogen) atoms. The highest BCUT2D eigenvalue weighted by atomic mass is 16.5. The minimum absolute atomic E-state index is 0.612. The van der Waals surface area contributed by atoms with Crippen LogP contribution in [0, 0.1) is 6.92 Å². The summed E-state index contributed by atoms with van der Waals surface area (Å²) in [5.41, 5.74) is 7.01. The largest absolute Gasteiger partial charge is 0.481 e. The van der Waals surface area contributed by atoms with Gasteiger partial charge < -0.3 is 4.74 Å². The topological polar surface area (TPSA) is 47.9 Å². The Hall–Kier alpha value is -3.79. The van der Waals surface area contributed by atoms with Crippen molar-refractivity contribution >= 4 is 21.8 Å². The smallest absolute Gasteiger partial charge is 0.213 e. The lowest BCUT2D eigenvalue weighted by atomic mass is 10.0. The van der Waals surface area contributed by atoms with Crippen molar-refractivity contribution in [1.82, 2.24) is 15.0 Å². The third-order valence-corrected chi connectivity index (χ3v) is 5.16. The molecule has 2 aromatic carbocycles. The first-order valence-corrected chi connectivity index (χ1v) is 9.49. The fourth-order valence-corrected chi connectivity index (χ4v) is 3.61. The molecule has 5 rings (SSSR count). The van der Waals surface area contributed by atoms with Crippen molar-refractivity contribution in [2.45, 2.75) is 6.92 Å². The molecule has 0 saturated heterocycles. The van der Waals surface area contributed by atoms with Crippen molar-refractivity contribution in [3.8, 4) is 28.3 Å². The Kier molecular flexibility index (Phi) is 4.17. The van der Waals surface area contributed by atoms with Crippen molar-refractivity contribution < 1.29 is 4.74 Å². The van der Waals surface area contributed by atoms with Crippen LogP contribution in [0.1, 0.15) is 5.69 Å². The summed E-state index contributed by atoms with van der Waals surface area (Å²) >= 11 is 0. The van der Waals surface area contributed by atoms with E-state index in [1.165, 1.54) is 0 Å². The van der Waals surface area contributed by atoms with Gasteiger partial charge in [0.25, 0.3) is 0 Å². The number of nitrogens with zero attached hydrogens (tertiary/aromatic N) is 3. The summed E-state index contributed by atoms with van der Waals surface area (Å²) in [4.78, 5) is 13.9. The maximum atomic E-state index is 5.20. The summed E-state index contributed by atoms with van der Waals surface area (Å²) in [6.45, 7) is 1.97. The lowest BCUT2D eigenvalue weighted by Gasteiger charge is -2.09. The van der Waals surface area contributed by atoms with Gasteiger partial charge in [0.1, 0.15) is 0 Å². The van der Waals surface area contributed by atoms with E-state index < -0.39 is 0 Å². The molecule has 0 bridgehead atoms. The zero-order chi connectivity index (χ0) is 19.8. The lowest BCUT2D eigenvalue weighted by Crippen LogP contribution is -1.94. The lowest BCUT2D eigenvalue weighted by molar-refractivity contribution is 0.397. The summed E-state index contributed by atoms with van der Waals surface area (Å²) in [7, 11) is 1.62. The summed E-state index contributed by atoms with van der Waals surface area (Å²) in [5.74, 6) is 0.612. The number of aryl methyl sites for hydroxylation is 1. The molecule has 140 valence electrons. The van der Waals surface area contributed by atoms with Crippen molar-refractivity contribution in [3.63, 3.8) is 0 Å². The first kappa shape index (κ1) is 17.3. The molecule has 0 saturated carbocycles. The Bertz CT molecular complexity index is 1360. The fourth-order valence-electron chi connectivity index (χ4n) is 3.61. The zero-order valence-electron chi connectivity index (χ0n) is 16.3. The number of hydrogen-bond acceptors (Lipinski definition) is 4. The molecule has 4 nitrogen and oxygen atoms in total. The van der Waals surface area contributed by atoms with Gasteiger partial charge in [-0.15, -0.1) is 0 Å². The van der Waals surface area contributed by atoms with Crippen molar-refractivity contribution in [2.75, 3.05) is 7.11 Å². The van der Waals surface area contributed by atoms with Crippen LogP contribution in [0.4, 0.5) is 0 Å². The van der Waals surface area contributed by atoms with Gasteiger partial charge >= 0.3 is 0 Å². The molecule has 0 fully saturated rings. The van der Waals surface area contributed by atoms with E-state index in [1.54, 1.807) is 7.11 Å². The molecule has 3 aromatic heterocycles. The van der Waals surface area contributed by atoms with Gasteiger partial charge in [0.05, 0.1) is 29.5 Å². The van der Waals surface area contributed by atoms with Crippen LogP contribution in [-0.4, -0.2) is 22.1 Å². The second-order valence-electron chi connectivity index (χ2n) is 7.01.